The van der Waals surface area contributed by atoms with E-state index in [0.717, 1.165) is 23.4 Å². The van der Waals surface area contributed by atoms with Gasteiger partial charge in [-0.3, -0.25) is 0 Å². The maximum absolute atomic E-state index is 5.99. The van der Waals surface area contributed by atoms with Gasteiger partial charge in [-0.15, -0.1) is 0 Å². The van der Waals surface area contributed by atoms with Gasteiger partial charge in [0.15, 0.2) is 0 Å². The van der Waals surface area contributed by atoms with Crippen LogP contribution in [0.4, 0.5) is 11.4 Å². The Balaban J connectivity index is 1.62. The molecular weight excluding hydrogens is 232 g/mol. The minimum atomic E-state index is 0.384. The minimum Gasteiger partial charge on any atom is -0.399 e. The summed E-state index contributed by atoms with van der Waals surface area (Å²) in [5, 5.41) is 3.89. The fraction of sp³-hybridized carbons (Fsp3) is 0.647. The van der Waals surface area contributed by atoms with Crippen molar-refractivity contribution in [2.75, 3.05) is 11.1 Å². The standard InChI is InChI=1S/C17H24N2/c1-11-2-15(18)7-16(3-11)19-17-8-12-4-13(9-17)6-14(5-12)10-17/h2-3,7,12-14,19H,4-6,8-10,18H2,1H3. The molecule has 2 nitrogen and oxygen atoms in total. The van der Waals surface area contributed by atoms with E-state index in [1.165, 1.54) is 49.8 Å². The molecule has 4 aliphatic carbocycles. The summed E-state index contributed by atoms with van der Waals surface area (Å²) in [7, 11) is 0. The van der Waals surface area contributed by atoms with Gasteiger partial charge in [-0.1, -0.05) is 0 Å². The van der Waals surface area contributed by atoms with Gasteiger partial charge in [0, 0.05) is 16.9 Å². The summed E-state index contributed by atoms with van der Waals surface area (Å²) in [5.41, 5.74) is 9.74. The predicted octanol–water partition coefficient (Wildman–Crippen LogP) is 3.96. The Hall–Kier alpha value is -1.18. The second kappa shape index (κ2) is 3.91. The van der Waals surface area contributed by atoms with Gasteiger partial charge in [0.1, 0.15) is 0 Å². The van der Waals surface area contributed by atoms with Crippen LogP contribution in [0.3, 0.4) is 0 Å². The van der Waals surface area contributed by atoms with Gasteiger partial charge in [-0.05, 0) is 87.0 Å². The maximum atomic E-state index is 5.99. The minimum absolute atomic E-state index is 0.384. The van der Waals surface area contributed by atoms with Gasteiger partial charge in [-0.2, -0.15) is 0 Å². The van der Waals surface area contributed by atoms with Crippen molar-refractivity contribution < 1.29 is 0 Å². The molecule has 0 aliphatic heterocycles. The van der Waals surface area contributed by atoms with Gasteiger partial charge < -0.3 is 11.1 Å². The van der Waals surface area contributed by atoms with Crippen molar-refractivity contribution in [2.24, 2.45) is 17.8 Å². The number of nitrogens with one attached hydrogen (secondary N) is 1. The number of hydrogen-bond acceptors (Lipinski definition) is 2. The topological polar surface area (TPSA) is 38.0 Å². The summed E-state index contributed by atoms with van der Waals surface area (Å²) in [6.07, 6.45) is 8.64. The number of hydrogen-bond donors (Lipinski definition) is 2. The number of rotatable bonds is 2. The van der Waals surface area contributed by atoms with Gasteiger partial charge in [0.05, 0.1) is 0 Å². The number of nitrogen functional groups attached to an aromatic ring is 1. The number of anilines is 2. The van der Waals surface area contributed by atoms with Crippen LogP contribution in [0.5, 0.6) is 0 Å². The zero-order valence-corrected chi connectivity index (χ0v) is 11.8. The first-order chi connectivity index (χ1) is 9.10. The van der Waals surface area contributed by atoms with Crippen molar-refractivity contribution in [1.29, 1.82) is 0 Å². The van der Waals surface area contributed by atoms with Gasteiger partial charge in [0.25, 0.3) is 0 Å². The van der Waals surface area contributed by atoms with E-state index in [9.17, 15) is 0 Å². The van der Waals surface area contributed by atoms with Crippen LogP contribution in [0.15, 0.2) is 18.2 Å². The lowest BCUT2D eigenvalue weighted by molar-refractivity contribution is 0.0107. The quantitative estimate of drug-likeness (QED) is 0.786. The first kappa shape index (κ1) is 11.6. The van der Waals surface area contributed by atoms with Crippen LogP contribution in [0, 0.1) is 24.7 Å². The molecule has 4 fully saturated rings. The van der Waals surface area contributed by atoms with Crippen LogP contribution < -0.4 is 11.1 Å². The molecule has 3 N–H and O–H groups in total. The van der Waals surface area contributed by atoms with Gasteiger partial charge in [0.2, 0.25) is 0 Å². The molecule has 0 spiro atoms. The van der Waals surface area contributed by atoms with E-state index < -0.39 is 0 Å². The number of benzene rings is 1. The lowest BCUT2D eigenvalue weighted by Gasteiger charge is -2.57. The van der Waals surface area contributed by atoms with Crippen molar-refractivity contribution in [1.82, 2.24) is 0 Å². The average Bonchev–Trinajstić information content (AvgIpc) is 2.23. The van der Waals surface area contributed by atoms with E-state index in [0.29, 0.717) is 5.54 Å². The Morgan fingerprint density at radius 3 is 2.11 bits per heavy atom. The second-order valence-corrected chi connectivity index (χ2v) is 7.46. The van der Waals surface area contributed by atoms with Gasteiger partial charge >= 0.3 is 0 Å². The third-order valence-electron chi connectivity index (χ3n) is 5.55. The lowest BCUT2D eigenvalue weighted by atomic mass is 9.53. The first-order valence-corrected chi connectivity index (χ1v) is 7.76. The van der Waals surface area contributed by atoms with Crippen LogP contribution in [-0.2, 0) is 0 Å². The first-order valence-electron chi connectivity index (χ1n) is 7.76. The normalized spacial score (nSPS) is 39.5. The van der Waals surface area contributed by atoms with Crippen molar-refractivity contribution in [3.05, 3.63) is 23.8 Å². The Kier molecular flexibility index (Phi) is 2.39. The fourth-order valence-electron chi connectivity index (χ4n) is 5.45. The molecule has 4 aliphatic rings. The van der Waals surface area contributed by atoms with Crippen molar-refractivity contribution in [3.63, 3.8) is 0 Å². The molecule has 102 valence electrons. The van der Waals surface area contributed by atoms with Crippen LogP contribution in [-0.4, -0.2) is 5.54 Å². The molecule has 2 heteroatoms. The van der Waals surface area contributed by atoms with Crippen molar-refractivity contribution >= 4 is 11.4 Å². The van der Waals surface area contributed by atoms with Crippen LogP contribution >= 0.6 is 0 Å². The molecule has 19 heavy (non-hydrogen) atoms. The van der Waals surface area contributed by atoms with E-state index >= 15 is 0 Å². The Morgan fingerprint density at radius 1 is 1.00 bits per heavy atom. The molecule has 0 aromatic heterocycles. The van der Waals surface area contributed by atoms with E-state index in [1.54, 1.807) is 0 Å². The molecule has 0 saturated heterocycles. The molecule has 0 unspecified atom stereocenters. The molecule has 5 rings (SSSR count). The van der Waals surface area contributed by atoms with Crippen molar-refractivity contribution in [3.8, 4) is 0 Å². The third kappa shape index (κ3) is 2.01. The second-order valence-electron chi connectivity index (χ2n) is 7.46. The summed E-state index contributed by atoms with van der Waals surface area (Å²) in [6.45, 7) is 2.13. The number of nitrogens with two attached hydrogens (primary N) is 1. The Bertz CT molecular complexity index is 450. The van der Waals surface area contributed by atoms with E-state index in [4.69, 9.17) is 5.73 Å². The van der Waals surface area contributed by atoms with Gasteiger partial charge in [-0.25, -0.2) is 0 Å². The molecule has 4 bridgehead atoms. The highest BCUT2D eigenvalue weighted by Gasteiger charge is 2.50. The molecule has 0 atom stereocenters. The SMILES string of the molecule is Cc1cc(N)cc(NC23CC4CC(CC(C4)C2)C3)c1. The predicted molar refractivity (Wildman–Crippen MR) is 80.1 cm³/mol. The molecule has 4 saturated carbocycles. The van der Waals surface area contributed by atoms with Crippen LogP contribution in [0.25, 0.3) is 0 Å². The highest BCUT2D eigenvalue weighted by molar-refractivity contribution is 5.58. The summed E-state index contributed by atoms with van der Waals surface area (Å²) in [4.78, 5) is 0. The summed E-state index contributed by atoms with van der Waals surface area (Å²) in [5.74, 6) is 2.96. The van der Waals surface area contributed by atoms with Crippen molar-refractivity contribution in [2.45, 2.75) is 51.0 Å². The van der Waals surface area contributed by atoms with Crippen LogP contribution in [0.1, 0.15) is 44.1 Å². The largest absolute Gasteiger partial charge is 0.399 e. The molecular formula is C17H24N2. The third-order valence-corrected chi connectivity index (χ3v) is 5.55. The highest BCUT2D eigenvalue weighted by Crippen LogP contribution is 2.56. The van der Waals surface area contributed by atoms with E-state index in [-0.39, 0.29) is 0 Å². The molecule has 1 aromatic carbocycles. The number of aryl methyl sites for hydroxylation is 1. The maximum Gasteiger partial charge on any atom is 0.0381 e. The average molecular weight is 256 g/mol. The Labute approximate surface area is 115 Å². The molecule has 0 radical (unpaired) electrons. The monoisotopic (exact) mass is 256 g/mol. The van der Waals surface area contributed by atoms with Crippen LogP contribution in [0.2, 0.25) is 0 Å². The summed E-state index contributed by atoms with van der Waals surface area (Å²) >= 11 is 0. The molecule has 0 amide bonds. The summed E-state index contributed by atoms with van der Waals surface area (Å²) in [6, 6.07) is 6.39. The molecule has 1 aromatic rings. The lowest BCUT2D eigenvalue weighted by Crippen LogP contribution is -2.54. The highest BCUT2D eigenvalue weighted by atomic mass is 15.0. The fourth-order valence-corrected chi connectivity index (χ4v) is 5.45. The smallest absolute Gasteiger partial charge is 0.0381 e. The Morgan fingerprint density at radius 2 is 1.58 bits per heavy atom. The zero-order valence-electron chi connectivity index (χ0n) is 11.8. The summed E-state index contributed by atoms with van der Waals surface area (Å²) < 4.78 is 0. The van der Waals surface area contributed by atoms with E-state index in [1.807, 2.05) is 6.07 Å². The van der Waals surface area contributed by atoms with E-state index in [2.05, 4.69) is 24.4 Å². The molecule has 0 heterocycles. The zero-order chi connectivity index (χ0) is 13.0.